The van der Waals surface area contributed by atoms with Gasteiger partial charge in [-0.15, -0.1) is 0 Å². The molecule has 0 amide bonds. The van der Waals surface area contributed by atoms with Gasteiger partial charge in [0, 0.05) is 18.2 Å². The molecule has 0 saturated carbocycles. The molecule has 1 aromatic heterocycles. The largest absolute Gasteiger partial charge is 0.491 e. The van der Waals surface area contributed by atoms with Crippen molar-refractivity contribution in [3.05, 3.63) is 52.2 Å². The molecule has 102 valence electrons. The fourth-order valence-electron chi connectivity index (χ4n) is 1.97. The summed E-state index contributed by atoms with van der Waals surface area (Å²) in [6.45, 7) is 7.18. The lowest BCUT2D eigenvalue weighted by atomic mass is 10.1. The predicted molar refractivity (Wildman–Crippen MR) is 81.8 cm³/mol. The number of rotatable bonds is 6. The molecular formula is C16H21NOS. The van der Waals surface area contributed by atoms with Gasteiger partial charge < -0.3 is 10.1 Å². The zero-order chi connectivity index (χ0) is 13.7. The number of para-hydroxylation sites is 1. The van der Waals surface area contributed by atoms with E-state index in [1.54, 1.807) is 11.3 Å². The average molecular weight is 275 g/mol. The minimum atomic E-state index is 0.199. The Morgan fingerprint density at radius 2 is 1.95 bits per heavy atom. The van der Waals surface area contributed by atoms with Gasteiger partial charge in [0.25, 0.3) is 0 Å². The van der Waals surface area contributed by atoms with Gasteiger partial charge in [-0.25, -0.2) is 0 Å². The van der Waals surface area contributed by atoms with Crippen LogP contribution in [0.2, 0.25) is 0 Å². The summed E-state index contributed by atoms with van der Waals surface area (Å²) in [5.41, 5.74) is 2.55. The Balaban J connectivity index is 2.03. The van der Waals surface area contributed by atoms with Crippen molar-refractivity contribution >= 4 is 11.3 Å². The number of thiophene rings is 1. The van der Waals surface area contributed by atoms with Crippen LogP contribution in [0.15, 0.2) is 41.1 Å². The van der Waals surface area contributed by atoms with Crippen molar-refractivity contribution in [3.8, 4) is 5.75 Å². The summed E-state index contributed by atoms with van der Waals surface area (Å²) in [6, 6.07) is 10.7. The molecule has 0 radical (unpaired) electrons. The van der Waals surface area contributed by atoms with Crippen LogP contribution in [-0.4, -0.2) is 6.10 Å². The molecule has 0 aliphatic rings. The summed E-state index contributed by atoms with van der Waals surface area (Å²) < 4.78 is 5.87. The van der Waals surface area contributed by atoms with E-state index in [-0.39, 0.29) is 12.1 Å². The van der Waals surface area contributed by atoms with E-state index in [1.165, 1.54) is 11.1 Å². The Labute approximate surface area is 119 Å². The number of nitrogens with one attached hydrogen (secondary N) is 1. The lowest BCUT2D eigenvalue weighted by Crippen LogP contribution is -2.19. The van der Waals surface area contributed by atoms with E-state index in [0.29, 0.717) is 0 Å². The number of hydrogen-bond donors (Lipinski definition) is 1. The monoisotopic (exact) mass is 275 g/mol. The van der Waals surface area contributed by atoms with Gasteiger partial charge in [0.1, 0.15) is 5.75 Å². The quantitative estimate of drug-likeness (QED) is 0.844. The SMILES string of the molecule is CC(C)Oc1ccccc1C(C)NCc1ccsc1. The molecule has 0 bridgehead atoms. The van der Waals surface area contributed by atoms with Crippen LogP contribution in [0.3, 0.4) is 0 Å². The van der Waals surface area contributed by atoms with Gasteiger partial charge >= 0.3 is 0 Å². The standard InChI is InChI=1S/C16H21NOS/c1-12(2)18-16-7-5-4-6-15(16)13(3)17-10-14-8-9-19-11-14/h4-9,11-13,17H,10H2,1-3H3. The van der Waals surface area contributed by atoms with E-state index in [0.717, 1.165) is 12.3 Å². The molecule has 1 unspecified atom stereocenters. The Kier molecular flexibility index (Phi) is 5.00. The van der Waals surface area contributed by atoms with Gasteiger partial charge in [0.2, 0.25) is 0 Å². The van der Waals surface area contributed by atoms with Crippen LogP contribution in [0.5, 0.6) is 5.75 Å². The van der Waals surface area contributed by atoms with Gasteiger partial charge in [0.05, 0.1) is 6.10 Å². The molecule has 0 fully saturated rings. The highest BCUT2D eigenvalue weighted by atomic mass is 32.1. The highest BCUT2D eigenvalue weighted by Crippen LogP contribution is 2.26. The first-order chi connectivity index (χ1) is 9.16. The maximum absolute atomic E-state index is 5.87. The molecule has 19 heavy (non-hydrogen) atoms. The van der Waals surface area contributed by atoms with Crippen molar-refractivity contribution < 1.29 is 4.74 Å². The van der Waals surface area contributed by atoms with Gasteiger partial charge in [-0.2, -0.15) is 11.3 Å². The normalized spacial score (nSPS) is 12.6. The molecule has 2 rings (SSSR count). The topological polar surface area (TPSA) is 21.3 Å². The Morgan fingerprint density at radius 1 is 1.16 bits per heavy atom. The maximum atomic E-state index is 5.87. The third-order valence-electron chi connectivity index (χ3n) is 2.94. The van der Waals surface area contributed by atoms with E-state index in [9.17, 15) is 0 Å². The lowest BCUT2D eigenvalue weighted by molar-refractivity contribution is 0.238. The molecule has 3 heteroatoms. The Morgan fingerprint density at radius 3 is 2.63 bits per heavy atom. The number of benzene rings is 1. The van der Waals surface area contributed by atoms with Crippen LogP contribution in [0, 0.1) is 0 Å². The van der Waals surface area contributed by atoms with E-state index < -0.39 is 0 Å². The molecular weight excluding hydrogens is 254 g/mol. The van der Waals surface area contributed by atoms with Crippen molar-refractivity contribution in [3.63, 3.8) is 0 Å². The van der Waals surface area contributed by atoms with Crippen molar-refractivity contribution in [1.29, 1.82) is 0 Å². The third-order valence-corrected chi connectivity index (χ3v) is 3.67. The summed E-state index contributed by atoms with van der Waals surface area (Å²) in [5, 5.41) is 7.83. The van der Waals surface area contributed by atoms with Crippen LogP contribution in [-0.2, 0) is 6.54 Å². The first-order valence-electron chi connectivity index (χ1n) is 6.67. The van der Waals surface area contributed by atoms with Crippen molar-refractivity contribution in [1.82, 2.24) is 5.32 Å². The first kappa shape index (κ1) is 14.1. The zero-order valence-electron chi connectivity index (χ0n) is 11.7. The lowest BCUT2D eigenvalue weighted by Gasteiger charge is -2.19. The van der Waals surface area contributed by atoms with Crippen LogP contribution >= 0.6 is 11.3 Å². The molecule has 0 saturated heterocycles. The van der Waals surface area contributed by atoms with E-state index in [1.807, 2.05) is 12.1 Å². The van der Waals surface area contributed by atoms with E-state index >= 15 is 0 Å². The molecule has 1 atom stereocenters. The molecule has 2 nitrogen and oxygen atoms in total. The van der Waals surface area contributed by atoms with Gasteiger partial charge in [0.15, 0.2) is 0 Å². The first-order valence-corrected chi connectivity index (χ1v) is 7.61. The molecule has 0 aliphatic carbocycles. The number of hydrogen-bond acceptors (Lipinski definition) is 3. The second-order valence-corrected chi connectivity index (χ2v) is 5.72. The summed E-state index contributed by atoms with van der Waals surface area (Å²) >= 11 is 1.73. The minimum absolute atomic E-state index is 0.199. The summed E-state index contributed by atoms with van der Waals surface area (Å²) in [7, 11) is 0. The minimum Gasteiger partial charge on any atom is -0.491 e. The molecule has 0 spiro atoms. The van der Waals surface area contributed by atoms with E-state index in [2.05, 4.69) is 55.0 Å². The van der Waals surface area contributed by atoms with Gasteiger partial charge in [-0.3, -0.25) is 0 Å². The number of ether oxygens (including phenoxy) is 1. The third kappa shape index (κ3) is 4.08. The van der Waals surface area contributed by atoms with Crippen LogP contribution in [0.4, 0.5) is 0 Å². The van der Waals surface area contributed by atoms with Crippen LogP contribution < -0.4 is 10.1 Å². The van der Waals surface area contributed by atoms with Gasteiger partial charge in [-0.1, -0.05) is 18.2 Å². The second-order valence-electron chi connectivity index (χ2n) is 4.94. The highest BCUT2D eigenvalue weighted by Gasteiger charge is 2.11. The van der Waals surface area contributed by atoms with E-state index in [4.69, 9.17) is 4.74 Å². The summed E-state index contributed by atoms with van der Waals surface area (Å²) in [5.74, 6) is 0.975. The fraction of sp³-hybridized carbons (Fsp3) is 0.375. The van der Waals surface area contributed by atoms with Crippen molar-refractivity contribution in [2.24, 2.45) is 0 Å². The molecule has 2 aromatic rings. The van der Waals surface area contributed by atoms with Gasteiger partial charge in [-0.05, 0) is 49.2 Å². The molecule has 1 N–H and O–H groups in total. The molecule has 0 aliphatic heterocycles. The second kappa shape index (κ2) is 6.73. The summed E-state index contributed by atoms with van der Waals surface area (Å²) in [4.78, 5) is 0. The molecule has 1 heterocycles. The van der Waals surface area contributed by atoms with Crippen LogP contribution in [0.1, 0.15) is 37.9 Å². The molecule has 1 aromatic carbocycles. The maximum Gasteiger partial charge on any atom is 0.124 e. The average Bonchev–Trinajstić information content (AvgIpc) is 2.89. The van der Waals surface area contributed by atoms with Crippen molar-refractivity contribution in [2.45, 2.75) is 39.5 Å². The predicted octanol–water partition coefficient (Wildman–Crippen LogP) is 4.39. The Hall–Kier alpha value is -1.32. The zero-order valence-corrected chi connectivity index (χ0v) is 12.5. The highest BCUT2D eigenvalue weighted by molar-refractivity contribution is 7.07. The van der Waals surface area contributed by atoms with Crippen molar-refractivity contribution in [2.75, 3.05) is 0 Å². The fourth-order valence-corrected chi connectivity index (χ4v) is 2.64. The van der Waals surface area contributed by atoms with Crippen LogP contribution in [0.25, 0.3) is 0 Å². The smallest absolute Gasteiger partial charge is 0.124 e. The summed E-state index contributed by atoms with van der Waals surface area (Å²) in [6.07, 6.45) is 0.199. The Bertz CT molecular complexity index is 493.